The number of carbonyl (C=O) groups is 3. The molecule has 7 nitrogen and oxygen atoms in total. The van der Waals surface area contributed by atoms with Crippen LogP contribution in [0.15, 0.2) is 24.3 Å². The van der Waals surface area contributed by atoms with Crippen LogP contribution in [0.1, 0.15) is 30.4 Å². The van der Waals surface area contributed by atoms with Crippen molar-refractivity contribution in [1.29, 1.82) is 0 Å². The van der Waals surface area contributed by atoms with Crippen LogP contribution in [0.2, 0.25) is 0 Å². The van der Waals surface area contributed by atoms with Crippen LogP contribution in [0.3, 0.4) is 0 Å². The van der Waals surface area contributed by atoms with E-state index in [1.165, 1.54) is 18.2 Å². The highest BCUT2D eigenvalue weighted by atomic mass is 16.5. The fraction of sp³-hybridized carbons (Fsp3) is 0.550. The van der Waals surface area contributed by atoms with Crippen molar-refractivity contribution in [3.63, 3.8) is 0 Å². The highest BCUT2D eigenvalue weighted by Gasteiger charge is 2.37. The van der Waals surface area contributed by atoms with E-state index in [1.54, 1.807) is 0 Å². The van der Waals surface area contributed by atoms with Crippen LogP contribution < -0.4 is 10.6 Å². The molecule has 0 unspecified atom stereocenters. The summed E-state index contributed by atoms with van der Waals surface area (Å²) in [5, 5.41) is 5.68. The van der Waals surface area contributed by atoms with Gasteiger partial charge < -0.3 is 15.4 Å². The van der Waals surface area contributed by atoms with E-state index in [0.717, 1.165) is 19.4 Å². The van der Waals surface area contributed by atoms with Gasteiger partial charge in [-0.3, -0.25) is 19.3 Å². The topological polar surface area (TPSA) is 87.7 Å². The lowest BCUT2D eigenvalue weighted by Crippen LogP contribution is -2.59. The summed E-state index contributed by atoms with van der Waals surface area (Å²) in [5.74, 6) is -0.535. The summed E-state index contributed by atoms with van der Waals surface area (Å²) >= 11 is 0. The van der Waals surface area contributed by atoms with Gasteiger partial charge in [-0.15, -0.1) is 0 Å². The van der Waals surface area contributed by atoms with Gasteiger partial charge in [-0.05, 0) is 30.4 Å². The van der Waals surface area contributed by atoms with Crippen LogP contribution in [-0.4, -0.2) is 61.5 Å². The summed E-state index contributed by atoms with van der Waals surface area (Å²) in [6.45, 7) is 1.77. The lowest BCUT2D eigenvalue weighted by molar-refractivity contribution is -0.140. The second-order valence-electron chi connectivity index (χ2n) is 7.11. The molecular formula is C20H27N3O4. The van der Waals surface area contributed by atoms with Gasteiger partial charge in [-0.1, -0.05) is 24.3 Å². The van der Waals surface area contributed by atoms with E-state index in [-0.39, 0.29) is 36.7 Å². The molecule has 2 amide bonds. The average Bonchev–Trinajstić information content (AvgIpc) is 3.10. The largest absolute Gasteiger partial charge is 0.469 e. The molecular weight excluding hydrogens is 346 g/mol. The molecule has 146 valence electrons. The van der Waals surface area contributed by atoms with Crippen LogP contribution in [0, 0.1) is 0 Å². The molecule has 3 rings (SSSR count). The van der Waals surface area contributed by atoms with E-state index >= 15 is 0 Å². The second-order valence-corrected chi connectivity index (χ2v) is 7.11. The maximum Gasteiger partial charge on any atom is 0.305 e. The van der Waals surface area contributed by atoms with Gasteiger partial charge in [-0.2, -0.15) is 0 Å². The third kappa shape index (κ3) is 4.86. The van der Waals surface area contributed by atoms with Gasteiger partial charge in [-0.25, -0.2) is 0 Å². The van der Waals surface area contributed by atoms with Crippen molar-refractivity contribution >= 4 is 17.8 Å². The molecule has 2 N–H and O–H groups in total. The SMILES string of the molecule is COC(=O)CCCNC(=O)C[C@@H]1C(=O)NCCN1C1Cc2ccccc2C1. The Morgan fingerprint density at radius 2 is 1.96 bits per heavy atom. The number of piperazine rings is 1. The number of fused-ring (bicyclic) bond motifs is 1. The van der Waals surface area contributed by atoms with Gasteiger partial charge in [0, 0.05) is 32.1 Å². The molecule has 1 aliphatic heterocycles. The van der Waals surface area contributed by atoms with Crippen molar-refractivity contribution in [2.45, 2.75) is 44.2 Å². The van der Waals surface area contributed by atoms with Crippen LogP contribution in [0.4, 0.5) is 0 Å². The maximum absolute atomic E-state index is 12.4. The Balaban J connectivity index is 1.54. The number of ether oxygens (including phenoxy) is 1. The summed E-state index contributed by atoms with van der Waals surface area (Å²) in [7, 11) is 1.35. The quantitative estimate of drug-likeness (QED) is 0.534. The molecule has 1 aliphatic carbocycles. The lowest BCUT2D eigenvalue weighted by atomic mass is 10.0. The second kappa shape index (κ2) is 8.99. The minimum absolute atomic E-state index is 0.0816. The van der Waals surface area contributed by atoms with Gasteiger partial charge in [0.1, 0.15) is 0 Å². The first-order valence-electron chi connectivity index (χ1n) is 9.52. The van der Waals surface area contributed by atoms with Gasteiger partial charge in [0.15, 0.2) is 0 Å². The van der Waals surface area contributed by atoms with Crippen molar-refractivity contribution in [3.05, 3.63) is 35.4 Å². The molecule has 1 aromatic carbocycles. The summed E-state index contributed by atoms with van der Waals surface area (Å²) in [6.07, 6.45) is 2.77. The Kier molecular flexibility index (Phi) is 6.45. The fourth-order valence-corrected chi connectivity index (χ4v) is 3.96. The van der Waals surface area contributed by atoms with Gasteiger partial charge in [0.2, 0.25) is 11.8 Å². The molecule has 7 heteroatoms. The molecule has 0 spiro atoms. The zero-order valence-electron chi connectivity index (χ0n) is 15.7. The minimum Gasteiger partial charge on any atom is -0.469 e. The maximum atomic E-state index is 12.4. The molecule has 0 saturated carbocycles. The Labute approximate surface area is 159 Å². The first kappa shape index (κ1) is 19.4. The number of nitrogens with zero attached hydrogens (tertiary/aromatic N) is 1. The Morgan fingerprint density at radius 1 is 1.26 bits per heavy atom. The number of methoxy groups -OCH3 is 1. The zero-order chi connectivity index (χ0) is 19.2. The molecule has 1 fully saturated rings. The summed E-state index contributed by atoms with van der Waals surface area (Å²) in [6, 6.07) is 8.18. The van der Waals surface area contributed by atoms with Crippen LogP contribution in [0.25, 0.3) is 0 Å². The van der Waals surface area contributed by atoms with Gasteiger partial charge >= 0.3 is 5.97 Å². The van der Waals surface area contributed by atoms with E-state index in [2.05, 4.69) is 32.4 Å². The number of benzene rings is 1. The first-order valence-corrected chi connectivity index (χ1v) is 9.52. The number of carbonyl (C=O) groups excluding carboxylic acids is 3. The number of esters is 1. The lowest BCUT2D eigenvalue weighted by Gasteiger charge is -2.38. The zero-order valence-corrected chi connectivity index (χ0v) is 15.7. The molecule has 0 radical (unpaired) electrons. The fourth-order valence-electron chi connectivity index (χ4n) is 3.96. The van der Waals surface area contributed by atoms with Crippen molar-refractivity contribution in [1.82, 2.24) is 15.5 Å². The molecule has 1 atom stereocenters. The highest BCUT2D eigenvalue weighted by molar-refractivity contribution is 5.88. The predicted octanol–water partition coefficient (Wildman–Crippen LogP) is 0.414. The van der Waals surface area contributed by atoms with Crippen molar-refractivity contribution in [2.75, 3.05) is 26.7 Å². The molecule has 0 aromatic heterocycles. The van der Waals surface area contributed by atoms with Crippen LogP contribution in [0.5, 0.6) is 0 Å². The number of hydrogen-bond donors (Lipinski definition) is 2. The van der Waals surface area contributed by atoms with Crippen molar-refractivity contribution in [2.24, 2.45) is 0 Å². The van der Waals surface area contributed by atoms with E-state index in [9.17, 15) is 14.4 Å². The highest BCUT2D eigenvalue weighted by Crippen LogP contribution is 2.28. The Hall–Kier alpha value is -2.41. The van der Waals surface area contributed by atoms with E-state index in [0.29, 0.717) is 19.5 Å². The predicted molar refractivity (Wildman–Crippen MR) is 100 cm³/mol. The average molecular weight is 373 g/mol. The third-order valence-electron chi connectivity index (χ3n) is 5.36. The standard InChI is InChI=1S/C20H27N3O4/c1-27-19(25)7-4-8-21-18(24)13-17-20(26)22-9-10-23(17)16-11-14-5-2-3-6-15(14)12-16/h2-3,5-6,16-17H,4,7-13H2,1H3,(H,21,24)(H,22,26)/t17-/m1/s1. The van der Waals surface area contributed by atoms with Gasteiger partial charge in [0.25, 0.3) is 0 Å². The number of nitrogens with one attached hydrogen (secondary N) is 2. The summed E-state index contributed by atoms with van der Waals surface area (Å²) in [5.41, 5.74) is 2.67. The first-order chi connectivity index (χ1) is 13.1. The van der Waals surface area contributed by atoms with Crippen molar-refractivity contribution in [3.8, 4) is 0 Å². The third-order valence-corrected chi connectivity index (χ3v) is 5.36. The molecule has 1 saturated heterocycles. The molecule has 1 aromatic rings. The monoisotopic (exact) mass is 373 g/mol. The number of amides is 2. The molecule has 27 heavy (non-hydrogen) atoms. The molecule has 2 aliphatic rings. The van der Waals surface area contributed by atoms with E-state index in [1.807, 2.05) is 12.1 Å². The normalized spacial score (nSPS) is 20.0. The van der Waals surface area contributed by atoms with Crippen LogP contribution >= 0.6 is 0 Å². The number of rotatable bonds is 7. The Bertz CT molecular complexity index is 681. The Morgan fingerprint density at radius 3 is 2.63 bits per heavy atom. The van der Waals surface area contributed by atoms with Crippen molar-refractivity contribution < 1.29 is 19.1 Å². The van der Waals surface area contributed by atoms with Gasteiger partial charge in [0.05, 0.1) is 19.6 Å². The smallest absolute Gasteiger partial charge is 0.305 e. The van der Waals surface area contributed by atoms with E-state index < -0.39 is 6.04 Å². The number of hydrogen-bond acceptors (Lipinski definition) is 5. The molecule has 0 bridgehead atoms. The molecule has 1 heterocycles. The van der Waals surface area contributed by atoms with Crippen LogP contribution in [-0.2, 0) is 32.0 Å². The minimum atomic E-state index is -0.446. The summed E-state index contributed by atoms with van der Waals surface area (Å²) < 4.78 is 4.58. The summed E-state index contributed by atoms with van der Waals surface area (Å²) in [4.78, 5) is 38.0. The van der Waals surface area contributed by atoms with E-state index in [4.69, 9.17) is 0 Å².